The molecule has 2 aliphatic heterocycles. The smallest absolute Gasteiger partial charge is 0.325 e. The number of carbonyl (C=O) groups excluding carboxylic acids is 2. The number of amides is 2. The number of likely N-dealkylation sites (tertiary alicyclic amines) is 1. The third-order valence-corrected chi connectivity index (χ3v) is 7.91. The zero-order valence-corrected chi connectivity index (χ0v) is 22.5. The van der Waals surface area contributed by atoms with E-state index >= 15 is 0 Å². The van der Waals surface area contributed by atoms with Gasteiger partial charge in [-0.1, -0.05) is 66.2 Å². The van der Waals surface area contributed by atoms with Gasteiger partial charge >= 0.3 is 5.97 Å². The molecule has 2 N–H and O–H groups in total. The highest BCUT2D eigenvalue weighted by Gasteiger charge is 2.68. The molecule has 3 aromatic rings. The maximum atomic E-state index is 13.9. The second-order valence-corrected chi connectivity index (χ2v) is 10.5. The highest BCUT2D eigenvalue weighted by atomic mass is 35.5. The molecule has 2 aliphatic rings. The van der Waals surface area contributed by atoms with E-state index in [-0.39, 0.29) is 29.2 Å². The first kappa shape index (κ1) is 28.6. The highest BCUT2D eigenvalue weighted by Crippen LogP contribution is 2.51. The van der Waals surface area contributed by atoms with E-state index in [4.69, 9.17) is 11.6 Å². The molecule has 4 atom stereocenters. The standard InChI is InChI=1S/C29H23ClN4O8/c30-19-10-13-22(34(41)42)21(15-19)25-23-24(27(36)32(26(23)35)14-4-7-17-5-2-1-3-6-17)29(31-25,28(37)38)16-18-8-11-20(12-9-18)33(39)40/h1-13,15,23-25,31H,14,16H2,(H,37,38)/b7-4-. The van der Waals surface area contributed by atoms with Crippen molar-refractivity contribution in [2.45, 2.75) is 18.0 Å². The van der Waals surface area contributed by atoms with Gasteiger partial charge in [0.1, 0.15) is 5.54 Å². The van der Waals surface area contributed by atoms with Crippen LogP contribution in [-0.4, -0.2) is 49.7 Å². The number of non-ortho nitro benzene ring substituents is 1. The number of nitro benzene ring substituents is 2. The Kier molecular flexibility index (Phi) is 7.59. The van der Waals surface area contributed by atoms with E-state index in [0.29, 0.717) is 5.56 Å². The molecule has 2 saturated heterocycles. The number of benzene rings is 3. The van der Waals surface area contributed by atoms with Crippen LogP contribution in [0.3, 0.4) is 0 Å². The number of carboxylic acids is 1. The lowest BCUT2D eigenvalue weighted by molar-refractivity contribution is -0.385. The first-order chi connectivity index (χ1) is 20.0. The van der Waals surface area contributed by atoms with Crippen molar-refractivity contribution in [3.8, 4) is 0 Å². The van der Waals surface area contributed by atoms with Crippen molar-refractivity contribution in [3.63, 3.8) is 0 Å². The van der Waals surface area contributed by atoms with Crippen molar-refractivity contribution in [2.75, 3.05) is 6.54 Å². The minimum absolute atomic E-state index is 0.0304. The lowest BCUT2D eigenvalue weighted by atomic mass is 9.76. The second kappa shape index (κ2) is 11.1. The third kappa shape index (κ3) is 5.01. The molecule has 42 heavy (non-hydrogen) atoms. The van der Waals surface area contributed by atoms with E-state index in [9.17, 15) is 39.7 Å². The van der Waals surface area contributed by atoms with Crippen molar-refractivity contribution in [2.24, 2.45) is 11.8 Å². The van der Waals surface area contributed by atoms with Crippen LogP contribution >= 0.6 is 11.6 Å². The Balaban J connectivity index is 1.59. The lowest BCUT2D eigenvalue weighted by Gasteiger charge is -2.31. The summed E-state index contributed by atoms with van der Waals surface area (Å²) in [6, 6.07) is 16.8. The van der Waals surface area contributed by atoms with Crippen molar-refractivity contribution >= 4 is 46.8 Å². The summed E-state index contributed by atoms with van der Waals surface area (Å²) >= 11 is 6.17. The fraction of sp³-hybridized carbons (Fsp3) is 0.207. The van der Waals surface area contributed by atoms with E-state index in [1.165, 1.54) is 36.4 Å². The van der Waals surface area contributed by atoms with Crippen LogP contribution in [0.2, 0.25) is 5.02 Å². The summed E-state index contributed by atoms with van der Waals surface area (Å²) in [6.07, 6.45) is 2.99. The van der Waals surface area contributed by atoms with Gasteiger partial charge in [0.05, 0.1) is 27.7 Å². The molecule has 2 fully saturated rings. The van der Waals surface area contributed by atoms with Crippen LogP contribution < -0.4 is 5.32 Å². The van der Waals surface area contributed by atoms with E-state index in [1.54, 1.807) is 12.2 Å². The number of nitro groups is 2. The minimum Gasteiger partial charge on any atom is -0.480 e. The van der Waals surface area contributed by atoms with Crippen LogP contribution in [-0.2, 0) is 20.8 Å². The molecule has 214 valence electrons. The van der Waals surface area contributed by atoms with Gasteiger partial charge in [0.25, 0.3) is 11.4 Å². The maximum absolute atomic E-state index is 13.9. The normalized spacial score (nSPS) is 23.4. The summed E-state index contributed by atoms with van der Waals surface area (Å²) in [5.74, 6) is -5.61. The van der Waals surface area contributed by atoms with Gasteiger partial charge in [0.2, 0.25) is 11.8 Å². The van der Waals surface area contributed by atoms with Gasteiger partial charge in [-0.3, -0.25) is 44.8 Å². The summed E-state index contributed by atoms with van der Waals surface area (Å²) in [4.78, 5) is 63.5. The molecule has 5 rings (SSSR count). The monoisotopic (exact) mass is 590 g/mol. The molecule has 0 aromatic heterocycles. The molecule has 3 aromatic carbocycles. The Morgan fingerprint density at radius 2 is 1.69 bits per heavy atom. The van der Waals surface area contributed by atoms with Gasteiger partial charge in [-0.15, -0.1) is 0 Å². The molecule has 0 aliphatic carbocycles. The van der Waals surface area contributed by atoms with Gasteiger partial charge < -0.3 is 5.11 Å². The van der Waals surface area contributed by atoms with Crippen molar-refractivity contribution in [1.29, 1.82) is 0 Å². The minimum atomic E-state index is -2.08. The predicted octanol–water partition coefficient (Wildman–Crippen LogP) is 4.18. The summed E-state index contributed by atoms with van der Waals surface area (Å²) in [7, 11) is 0. The van der Waals surface area contributed by atoms with Gasteiger partial charge in [0.15, 0.2) is 0 Å². The molecule has 13 heteroatoms. The number of nitrogens with one attached hydrogen (secondary N) is 1. The number of carbonyl (C=O) groups is 3. The maximum Gasteiger partial charge on any atom is 0.325 e. The number of fused-ring (bicyclic) bond motifs is 1. The summed E-state index contributed by atoms with van der Waals surface area (Å²) < 4.78 is 0. The predicted molar refractivity (Wildman–Crippen MR) is 150 cm³/mol. The average molecular weight is 591 g/mol. The zero-order valence-electron chi connectivity index (χ0n) is 21.8. The summed E-state index contributed by atoms with van der Waals surface area (Å²) in [5, 5.41) is 36.7. The molecule has 2 heterocycles. The van der Waals surface area contributed by atoms with Gasteiger partial charge in [0, 0.05) is 41.8 Å². The molecule has 4 unspecified atom stereocenters. The van der Waals surface area contributed by atoms with Crippen LogP contribution in [0, 0.1) is 32.1 Å². The van der Waals surface area contributed by atoms with E-state index < -0.39 is 56.7 Å². The Morgan fingerprint density at radius 3 is 2.31 bits per heavy atom. The first-order valence-corrected chi connectivity index (χ1v) is 13.2. The molecule has 12 nitrogen and oxygen atoms in total. The SMILES string of the molecule is O=C1C2C(c3cc(Cl)ccc3[N+](=O)[O-])NC(Cc3ccc([N+](=O)[O-])cc3)(C(=O)O)C2C(=O)N1C/C=C\c1ccccc1. The summed E-state index contributed by atoms with van der Waals surface area (Å²) in [6.45, 7) is -0.142. The van der Waals surface area contributed by atoms with Gasteiger partial charge in [-0.25, -0.2) is 0 Å². The van der Waals surface area contributed by atoms with Gasteiger partial charge in [-0.2, -0.15) is 0 Å². The zero-order chi connectivity index (χ0) is 30.2. The van der Waals surface area contributed by atoms with E-state index in [0.717, 1.165) is 16.5 Å². The number of hydrogen-bond acceptors (Lipinski definition) is 8. The van der Waals surface area contributed by atoms with Crippen LogP contribution in [0.5, 0.6) is 0 Å². The second-order valence-electron chi connectivity index (χ2n) is 10.1. The summed E-state index contributed by atoms with van der Waals surface area (Å²) in [5.41, 5.74) is -1.54. The number of aliphatic carboxylic acids is 1. The van der Waals surface area contributed by atoms with Crippen molar-refractivity contribution in [1.82, 2.24) is 10.2 Å². The Bertz CT molecular complexity index is 1630. The first-order valence-electron chi connectivity index (χ1n) is 12.8. The molecular formula is C29H23ClN4O8. The molecule has 0 saturated carbocycles. The van der Waals surface area contributed by atoms with Crippen LogP contribution in [0.25, 0.3) is 6.08 Å². The Labute approximate surface area is 243 Å². The third-order valence-electron chi connectivity index (χ3n) is 7.68. The lowest BCUT2D eigenvalue weighted by Crippen LogP contribution is -2.57. The van der Waals surface area contributed by atoms with Crippen LogP contribution in [0.15, 0.2) is 78.9 Å². The Morgan fingerprint density at radius 1 is 1.00 bits per heavy atom. The quantitative estimate of drug-likeness (QED) is 0.210. The van der Waals surface area contributed by atoms with Crippen LogP contribution in [0.1, 0.15) is 22.7 Å². The molecule has 0 radical (unpaired) electrons. The number of hydrogen-bond donors (Lipinski definition) is 2. The van der Waals surface area contributed by atoms with E-state index in [1.807, 2.05) is 30.3 Å². The fourth-order valence-electron chi connectivity index (χ4n) is 5.80. The fourth-order valence-corrected chi connectivity index (χ4v) is 5.98. The van der Waals surface area contributed by atoms with Gasteiger partial charge in [-0.05, 0) is 23.3 Å². The van der Waals surface area contributed by atoms with Crippen molar-refractivity contribution < 1.29 is 29.3 Å². The number of carboxylic acid groups (broad SMARTS) is 1. The Hall–Kier alpha value is -4.94. The number of nitrogens with zero attached hydrogens (tertiary/aromatic N) is 3. The highest BCUT2D eigenvalue weighted by molar-refractivity contribution is 6.30. The largest absolute Gasteiger partial charge is 0.480 e. The van der Waals surface area contributed by atoms with E-state index in [2.05, 4.69) is 5.32 Å². The average Bonchev–Trinajstić information content (AvgIpc) is 3.43. The number of halogens is 1. The van der Waals surface area contributed by atoms with Crippen LogP contribution in [0.4, 0.5) is 11.4 Å². The number of rotatable bonds is 9. The van der Waals surface area contributed by atoms with Crippen molar-refractivity contribution in [3.05, 3.63) is 121 Å². The molecule has 0 spiro atoms. The number of imide groups is 1. The molecule has 2 amide bonds. The topological polar surface area (TPSA) is 173 Å². The molecular weight excluding hydrogens is 568 g/mol. The molecule has 0 bridgehead atoms.